The maximum atomic E-state index is 12.4. The number of nitrogens with zero attached hydrogens (tertiary/aromatic N) is 1. The third-order valence-corrected chi connectivity index (χ3v) is 4.99. The lowest BCUT2D eigenvalue weighted by atomic mass is 9.78. The molecule has 1 aliphatic heterocycles. The lowest BCUT2D eigenvalue weighted by Crippen LogP contribution is -2.48. The van der Waals surface area contributed by atoms with Crippen LogP contribution in [0.2, 0.25) is 0 Å². The van der Waals surface area contributed by atoms with E-state index < -0.39 is 0 Å². The van der Waals surface area contributed by atoms with E-state index in [0.29, 0.717) is 18.2 Å². The van der Waals surface area contributed by atoms with Crippen LogP contribution < -0.4 is 0 Å². The number of benzene rings is 1. The Morgan fingerprint density at radius 3 is 2.71 bits per heavy atom. The molecule has 0 spiro atoms. The van der Waals surface area contributed by atoms with Gasteiger partial charge in [0.15, 0.2) is 5.78 Å². The van der Waals surface area contributed by atoms with Crippen molar-refractivity contribution in [2.45, 2.75) is 44.6 Å². The van der Waals surface area contributed by atoms with E-state index in [1.54, 1.807) is 0 Å². The van der Waals surface area contributed by atoms with E-state index in [-0.39, 0.29) is 17.3 Å². The van der Waals surface area contributed by atoms with Gasteiger partial charge in [0, 0.05) is 12.1 Å². The molecular formula is C17H23NO3. The molecule has 1 aromatic carbocycles. The summed E-state index contributed by atoms with van der Waals surface area (Å²) in [7, 11) is 0. The molecule has 21 heavy (non-hydrogen) atoms. The van der Waals surface area contributed by atoms with Crippen molar-refractivity contribution < 1.29 is 15.0 Å². The number of fused-ring (bicyclic) bond motifs is 1. The Bertz CT molecular complexity index is 527. The smallest absolute Gasteiger partial charge is 0.180 e. The molecule has 0 bridgehead atoms. The second-order valence-electron chi connectivity index (χ2n) is 6.35. The summed E-state index contributed by atoms with van der Waals surface area (Å²) in [6, 6.07) is 4.73. The van der Waals surface area contributed by atoms with Gasteiger partial charge in [0.2, 0.25) is 0 Å². The molecule has 3 rings (SSSR count). The van der Waals surface area contributed by atoms with Gasteiger partial charge >= 0.3 is 0 Å². The van der Waals surface area contributed by atoms with Crippen molar-refractivity contribution in [3.63, 3.8) is 0 Å². The number of ketones is 1. The van der Waals surface area contributed by atoms with E-state index in [9.17, 15) is 15.0 Å². The van der Waals surface area contributed by atoms with Gasteiger partial charge in [-0.25, -0.2) is 0 Å². The number of carbonyl (C=O) groups excluding carboxylic acids is 1. The molecule has 1 aliphatic carbocycles. The predicted octanol–water partition coefficient (Wildman–Crippen LogP) is 2.94. The molecule has 114 valence electrons. The molecule has 4 heteroatoms. The number of phenolic OH excluding ortho intramolecular Hbond substituents is 2. The molecule has 0 radical (unpaired) electrons. The number of hydrogen-bond donors (Lipinski definition) is 2. The zero-order chi connectivity index (χ0) is 14.8. The summed E-state index contributed by atoms with van der Waals surface area (Å²) in [5.41, 5.74) is 0.311. The van der Waals surface area contributed by atoms with E-state index in [1.807, 2.05) is 0 Å². The molecule has 1 heterocycles. The minimum atomic E-state index is -0.128. The summed E-state index contributed by atoms with van der Waals surface area (Å²) < 4.78 is 0. The van der Waals surface area contributed by atoms with Crippen LogP contribution >= 0.6 is 0 Å². The Balaban J connectivity index is 1.71. The summed E-state index contributed by atoms with van der Waals surface area (Å²) in [4.78, 5) is 14.7. The minimum Gasteiger partial charge on any atom is -0.508 e. The van der Waals surface area contributed by atoms with Gasteiger partial charge in [-0.05, 0) is 50.3 Å². The molecule has 0 aromatic heterocycles. The average molecular weight is 289 g/mol. The van der Waals surface area contributed by atoms with Gasteiger partial charge in [-0.2, -0.15) is 0 Å². The first-order valence-electron chi connectivity index (χ1n) is 7.94. The number of piperidine rings is 1. The van der Waals surface area contributed by atoms with Gasteiger partial charge in [0.25, 0.3) is 0 Å². The summed E-state index contributed by atoms with van der Waals surface area (Å²) in [6.07, 6.45) is 7.52. The molecule has 0 amide bonds. The first kappa shape index (κ1) is 14.4. The Hall–Kier alpha value is -1.55. The van der Waals surface area contributed by atoms with Crippen molar-refractivity contribution in [1.29, 1.82) is 0 Å². The van der Waals surface area contributed by atoms with Gasteiger partial charge < -0.3 is 10.2 Å². The van der Waals surface area contributed by atoms with Crippen LogP contribution in [0, 0.1) is 5.92 Å². The van der Waals surface area contributed by atoms with E-state index in [1.165, 1.54) is 50.3 Å². The lowest BCUT2D eigenvalue weighted by Gasteiger charge is -2.43. The number of hydrogen-bond acceptors (Lipinski definition) is 4. The number of rotatable bonds is 3. The molecule has 2 N–H and O–H groups in total. The SMILES string of the molecule is O=C(CN1CCC[C@H]2CCCC[C@H]21)c1ccc(O)cc1O. The first-order chi connectivity index (χ1) is 10.1. The Morgan fingerprint density at radius 2 is 1.90 bits per heavy atom. The third-order valence-electron chi connectivity index (χ3n) is 4.99. The molecule has 4 nitrogen and oxygen atoms in total. The second kappa shape index (κ2) is 6.06. The topological polar surface area (TPSA) is 60.8 Å². The highest BCUT2D eigenvalue weighted by atomic mass is 16.3. The fraction of sp³-hybridized carbons (Fsp3) is 0.588. The monoisotopic (exact) mass is 289 g/mol. The van der Waals surface area contributed by atoms with Crippen molar-refractivity contribution in [3.05, 3.63) is 23.8 Å². The number of Topliss-reactive ketones (excluding diaryl/α,β-unsaturated/α-hetero) is 1. The molecule has 2 fully saturated rings. The Kier molecular flexibility index (Phi) is 4.15. The summed E-state index contributed by atoms with van der Waals surface area (Å²) in [5.74, 6) is 0.541. The minimum absolute atomic E-state index is 0.0191. The van der Waals surface area contributed by atoms with Crippen molar-refractivity contribution in [2.75, 3.05) is 13.1 Å². The number of aromatic hydroxyl groups is 2. The van der Waals surface area contributed by atoms with Gasteiger partial charge in [0.1, 0.15) is 11.5 Å². The van der Waals surface area contributed by atoms with Crippen molar-refractivity contribution in [3.8, 4) is 11.5 Å². The lowest BCUT2D eigenvalue weighted by molar-refractivity contribution is 0.0538. The molecular weight excluding hydrogens is 266 g/mol. The highest BCUT2D eigenvalue weighted by molar-refractivity contribution is 6.00. The van der Waals surface area contributed by atoms with E-state index in [2.05, 4.69) is 4.90 Å². The first-order valence-corrected chi connectivity index (χ1v) is 7.94. The zero-order valence-electron chi connectivity index (χ0n) is 12.3. The van der Waals surface area contributed by atoms with Crippen molar-refractivity contribution >= 4 is 5.78 Å². The number of phenols is 2. The molecule has 1 saturated carbocycles. The van der Waals surface area contributed by atoms with E-state index in [0.717, 1.165) is 18.9 Å². The standard InChI is InChI=1S/C17H23NO3/c19-13-7-8-14(16(20)10-13)17(21)11-18-9-3-5-12-4-1-2-6-15(12)18/h7-8,10,12,15,19-20H,1-6,9,11H2/t12-,15-/m1/s1. The van der Waals surface area contributed by atoms with Crippen LogP contribution in [0.25, 0.3) is 0 Å². The predicted molar refractivity (Wildman–Crippen MR) is 80.7 cm³/mol. The van der Waals surface area contributed by atoms with Gasteiger partial charge in [-0.3, -0.25) is 9.69 Å². The summed E-state index contributed by atoms with van der Waals surface area (Å²) in [5, 5.41) is 19.1. The van der Waals surface area contributed by atoms with Crippen LogP contribution in [0.3, 0.4) is 0 Å². The summed E-state index contributed by atoms with van der Waals surface area (Å²) in [6.45, 7) is 1.35. The van der Waals surface area contributed by atoms with Gasteiger partial charge in [0.05, 0.1) is 12.1 Å². The fourth-order valence-corrected chi connectivity index (χ4v) is 3.95. The normalized spacial score (nSPS) is 26.3. The number of carbonyl (C=O) groups is 1. The summed E-state index contributed by atoms with van der Waals surface area (Å²) >= 11 is 0. The highest BCUT2D eigenvalue weighted by Crippen LogP contribution is 2.35. The van der Waals surface area contributed by atoms with Crippen molar-refractivity contribution in [1.82, 2.24) is 4.90 Å². The van der Waals surface area contributed by atoms with Crippen LogP contribution in [-0.4, -0.2) is 40.0 Å². The third kappa shape index (κ3) is 3.05. The van der Waals surface area contributed by atoms with E-state index >= 15 is 0 Å². The fourth-order valence-electron chi connectivity index (χ4n) is 3.95. The maximum absolute atomic E-state index is 12.4. The molecule has 1 aromatic rings. The Labute approximate surface area is 125 Å². The van der Waals surface area contributed by atoms with Crippen LogP contribution in [-0.2, 0) is 0 Å². The van der Waals surface area contributed by atoms with Crippen LogP contribution in [0.15, 0.2) is 18.2 Å². The number of likely N-dealkylation sites (tertiary alicyclic amines) is 1. The van der Waals surface area contributed by atoms with Gasteiger partial charge in [-0.1, -0.05) is 12.8 Å². The van der Waals surface area contributed by atoms with Crippen LogP contribution in [0.1, 0.15) is 48.9 Å². The van der Waals surface area contributed by atoms with Crippen LogP contribution in [0.5, 0.6) is 11.5 Å². The van der Waals surface area contributed by atoms with Gasteiger partial charge in [-0.15, -0.1) is 0 Å². The zero-order valence-corrected chi connectivity index (χ0v) is 12.3. The molecule has 0 unspecified atom stereocenters. The molecule has 2 aliphatic rings. The molecule has 2 atom stereocenters. The largest absolute Gasteiger partial charge is 0.508 e. The van der Waals surface area contributed by atoms with E-state index in [4.69, 9.17) is 0 Å². The second-order valence-corrected chi connectivity index (χ2v) is 6.35. The quantitative estimate of drug-likeness (QED) is 0.840. The van der Waals surface area contributed by atoms with Crippen LogP contribution in [0.4, 0.5) is 0 Å². The van der Waals surface area contributed by atoms with Crippen molar-refractivity contribution in [2.24, 2.45) is 5.92 Å². The maximum Gasteiger partial charge on any atom is 0.180 e. The highest BCUT2D eigenvalue weighted by Gasteiger charge is 2.34. The molecule has 1 saturated heterocycles. The Morgan fingerprint density at radius 1 is 1.14 bits per heavy atom. The average Bonchev–Trinajstić information content (AvgIpc) is 2.47.